The van der Waals surface area contributed by atoms with Crippen molar-refractivity contribution in [3.05, 3.63) is 53.2 Å². The number of hydrogen-bond acceptors (Lipinski definition) is 7. The number of aromatic nitrogens is 3. The molecule has 0 unspecified atom stereocenters. The predicted octanol–water partition coefficient (Wildman–Crippen LogP) is 3.97. The van der Waals surface area contributed by atoms with E-state index in [1.807, 2.05) is 26.0 Å². The summed E-state index contributed by atoms with van der Waals surface area (Å²) < 4.78 is 6.95. The minimum Gasteiger partial charge on any atom is -0.508 e. The first-order valence-corrected chi connectivity index (χ1v) is 13.1. The average Bonchev–Trinajstić information content (AvgIpc) is 3.55. The number of amides is 1. The lowest BCUT2D eigenvalue weighted by atomic mass is 10.0. The molecule has 1 aliphatic heterocycles. The second kappa shape index (κ2) is 10.9. The van der Waals surface area contributed by atoms with Gasteiger partial charge in [-0.1, -0.05) is 56.2 Å². The SMILES string of the molecule is CC(C)c1cc(-n2nnc(C(=O)NC3CCCC3)c2-c2ccc(CN3CCOCC3)cc2)c(O)cc1O. The topological polar surface area (TPSA) is 113 Å². The number of ether oxygens (including phenoxy) is 1. The zero-order chi connectivity index (χ0) is 25.9. The number of carbonyl (C=O) groups is 1. The standard InChI is InChI=1S/C28H35N5O4/c1-18(2)22-15-23(25(35)16-24(22)34)33-27(26(30-31-33)28(36)29-21-5-3-4-6-21)20-9-7-19(8-10-20)17-32-11-13-37-14-12-32/h7-10,15-16,18,21,34-35H,3-6,11-14,17H2,1-2H3,(H,29,36). The largest absolute Gasteiger partial charge is 0.508 e. The first-order valence-electron chi connectivity index (χ1n) is 13.1. The van der Waals surface area contributed by atoms with Gasteiger partial charge in [-0.3, -0.25) is 9.69 Å². The van der Waals surface area contributed by atoms with Gasteiger partial charge in [0.1, 0.15) is 22.9 Å². The third-order valence-electron chi connectivity index (χ3n) is 7.29. The molecule has 0 bridgehead atoms. The molecule has 5 rings (SSSR count). The summed E-state index contributed by atoms with van der Waals surface area (Å²) in [6.07, 6.45) is 4.13. The molecule has 2 aliphatic rings. The summed E-state index contributed by atoms with van der Waals surface area (Å²) in [5.41, 5.74) is 3.69. The van der Waals surface area contributed by atoms with E-state index < -0.39 is 0 Å². The molecule has 2 fully saturated rings. The van der Waals surface area contributed by atoms with Gasteiger partial charge in [0.2, 0.25) is 0 Å². The van der Waals surface area contributed by atoms with Crippen LogP contribution in [-0.2, 0) is 11.3 Å². The third-order valence-corrected chi connectivity index (χ3v) is 7.29. The van der Waals surface area contributed by atoms with Crippen molar-refractivity contribution in [1.29, 1.82) is 0 Å². The lowest BCUT2D eigenvalue weighted by molar-refractivity contribution is 0.0342. The molecule has 2 aromatic carbocycles. The van der Waals surface area contributed by atoms with Crippen molar-refractivity contribution in [2.45, 2.75) is 58.0 Å². The number of hydrogen-bond donors (Lipinski definition) is 3. The van der Waals surface area contributed by atoms with Crippen LogP contribution in [0.2, 0.25) is 0 Å². The first kappa shape index (κ1) is 25.2. The Bertz CT molecular complexity index is 1240. The van der Waals surface area contributed by atoms with Gasteiger partial charge in [-0.2, -0.15) is 0 Å². The van der Waals surface area contributed by atoms with Crippen LogP contribution in [0.1, 0.15) is 67.1 Å². The molecule has 3 N–H and O–H groups in total. The number of rotatable bonds is 7. The normalized spacial score (nSPS) is 16.9. The molecule has 1 aromatic heterocycles. The smallest absolute Gasteiger partial charge is 0.274 e. The number of benzene rings is 2. The number of phenolic OH excluding ortho intramolecular Hbond substituents is 2. The fourth-order valence-electron chi connectivity index (χ4n) is 5.19. The molecule has 9 heteroatoms. The second-order valence-corrected chi connectivity index (χ2v) is 10.3. The minimum absolute atomic E-state index is 0.0181. The maximum atomic E-state index is 13.3. The van der Waals surface area contributed by atoms with Crippen molar-refractivity contribution >= 4 is 5.91 Å². The lowest BCUT2D eigenvalue weighted by Crippen LogP contribution is -2.35. The molecular weight excluding hydrogens is 470 g/mol. The molecule has 37 heavy (non-hydrogen) atoms. The van der Waals surface area contributed by atoms with E-state index in [1.165, 1.54) is 10.7 Å². The summed E-state index contributed by atoms with van der Waals surface area (Å²) in [5.74, 6) is -0.367. The van der Waals surface area contributed by atoms with Crippen LogP contribution in [0.4, 0.5) is 0 Å². The van der Waals surface area contributed by atoms with Gasteiger partial charge in [0, 0.05) is 37.3 Å². The molecule has 0 radical (unpaired) electrons. The highest BCUT2D eigenvalue weighted by Gasteiger charge is 2.27. The van der Waals surface area contributed by atoms with Crippen molar-refractivity contribution in [2.24, 2.45) is 0 Å². The van der Waals surface area contributed by atoms with Gasteiger partial charge in [0.15, 0.2) is 5.69 Å². The van der Waals surface area contributed by atoms with Gasteiger partial charge in [-0.25, -0.2) is 4.68 Å². The fraction of sp³-hybridized carbons (Fsp3) is 0.464. The van der Waals surface area contributed by atoms with Crippen LogP contribution >= 0.6 is 0 Å². The van der Waals surface area contributed by atoms with Crippen LogP contribution in [0.3, 0.4) is 0 Å². The molecule has 0 atom stereocenters. The lowest BCUT2D eigenvalue weighted by Gasteiger charge is -2.26. The van der Waals surface area contributed by atoms with E-state index in [9.17, 15) is 15.0 Å². The van der Waals surface area contributed by atoms with Crippen LogP contribution in [-0.4, -0.2) is 68.4 Å². The van der Waals surface area contributed by atoms with Gasteiger partial charge < -0.3 is 20.3 Å². The Morgan fingerprint density at radius 3 is 2.46 bits per heavy atom. The Morgan fingerprint density at radius 2 is 1.78 bits per heavy atom. The van der Waals surface area contributed by atoms with E-state index in [1.54, 1.807) is 6.07 Å². The number of nitrogens with zero attached hydrogens (tertiary/aromatic N) is 4. The summed E-state index contributed by atoms with van der Waals surface area (Å²) in [6, 6.07) is 11.2. The predicted molar refractivity (Wildman–Crippen MR) is 140 cm³/mol. The van der Waals surface area contributed by atoms with Crippen molar-refractivity contribution < 1.29 is 19.7 Å². The molecule has 1 aliphatic carbocycles. The number of morpholine rings is 1. The van der Waals surface area contributed by atoms with Crippen molar-refractivity contribution in [1.82, 2.24) is 25.2 Å². The number of aromatic hydroxyl groups is 2. The summed E-state index contributed by atoms with van der Waals surface area (Å²) in [4.78, 5) is 15.7. The highest BCUT2D eigenvalue weighted by atomic mass is 16.5. The van der Waals surface area contributed by atoms with E-state index in [0.29, 0.717) is 16.9 Å². The molecule has 1 saturated carbocycles. The summed E-state index contributed by atoms with van der Waals surface area (Å²) in [5, 5.41) is 32.8. The summed E-state index contributed by atoms with van der Waals surface area (Å²) >= 11 is 0. The average molecular weight is 506 g/mol. The van der Waals surface area contributed by atoms with Gasteiger partial charge >= 0.3 is 0 Å². The Hall–Kier alpha value is -3.43. The Balaban J connectivity index is 1.53. The monoisotopic (exact) mass is 505 g/mol. The number of carbonyl (C=O) groups excluding carboxylic acids is 1. The Morgan fingerprint density at radius 1 is 1.08 bits per heavy atom. The van der Waals surface area contributed by atoms with Gasteiger partial charge in [0.25, 0.3) is 5.91 Å². The van der Waals surface area contributed by atoms with Crippen molar-refractivity contribution in [3.8, 4) is 28.4 Å². The quantitative estimate of drug-likeness (QED) is 0.445. The molecular formula is C28H35N5O4. The van der Waals surface area contributed by atoms with E-state index in [-0.39, 0.29) is 35.1 Å². The molecule has 0 spiro atoms. The Labute approximate surface area is 217 Å². The zero-order valence-electron chi connectivity index (χ0n) is 21.5. The fourth-order valence-corrected chi connectivity index (χ4v) is 5.19. The third kappa shape index (κ3) is 5.47. The zero-order valence-corrected chi connectivity index (χ0v) is 21.5. The first-order chi connectivity index (χ1) is 17.9. The van der Waals surface area contributed by atoms with E-state index >= 15 is 0 Å². The number of nitrogens with one attached hydrogen (secondary N) is 1. The van der Waals surface area contributed by atoms with E-state index in [2.05, 4.69) is 32.7 Å². The van der Waals surface area contributed by atoms with Crippen LogP contribution in [0, 0.1) is 0 Å². The second-order valence-electron chi connectivity index (χ2n) is 10.3. The molecule has 3 aromatic rings. The number of phenols is 2. The molecule has 1 amide bonds. The summed E-state index contributed by atoms with van der Waals surface area (Å²) in [7, 11) is 0. The highest BCUT2D eigenvalue weighted by Crippen LogP contribution is 2.36. The minimum atomic E-state index is -0.270. The molecule has 1 saturated heterocycles. The molecule has 9 nitrogen and oxygen atoms in total. The van der Waals surface area contributed by atoms with Crippen molar-refractivity contribution in [2.75, 3.05) is 26.3 Å². The van der Waals surface area contributed by atoms with Gasteiger partial charge in [-0.15, -0.1) is 5.10 Å². The van der Waals surface area contributed by atoms with Gasteiger partial charge in [0.05, 0.1) is 13.2 Å². The van der Waals surface area contributed by atoms with Crippen LogP contribution in [0.25, 0.3) is 16.9 Å². The van der Waals surface area contributed by atoms with Crippen molar-refractivity contribution in [3.63, 3.8) is 0 Å². The van der Waals surface area contributed by atoms with Crippen LogP contribution in [0.5, 0.6) is 11.5 Å². The van der Waals surface area contributed by atoms with Crippen LogP contribution < -0.4 is 5.32 Å². The maximum absolute atomic E-state index is 13.3. The molecule has 2 heterocycles. The van der Waals surface area contributed by atoms with Gasteiger partial charge in [-0.05, 0) is 36.0 Å². The maximum Gasteiger partial charge on any atom is 0.274 e. The summed E-state index contributed by atoms with van der Waals surface area (Å²) in [6.45, 7) is 8.06. The highest BCUT2D eigenvalue weighted by molar-refractivity contribution is 5.98. The van der Waals surface area contributed by atoms with E-state index in [4.69, 9.17) is 4.74 Å². The van der Waals surface area contributed by atoms with Crippen LogP contribution in [0.15, 0.2) is 36.4 Å². The molecule has 196 valence electrons. The van der Waals surface area contributed by atoms with E-state index in [0.717, 1.165) is 69.7 Å². The Kier molecular flexibility index (Phi) is 7.43.